The van der Waals surface area contributed by atoms with Gasteiger partial charge in [-0.05, 0) is 204 Å². The molecule has 0 unspecified atom stereocenters. The zero-order valence-corrected chi connectivity index (χ0v) is 76.9. The topological polar surface area (TPSA) is 26.3 Å². The molecule has 3 aliphatic heterocycles. The van der Waals surface area contributed by atoms with Crippen LogP contribution in [0, 0.1) is 0 Å². The molecule has 25 aromatic rings. The van der Waals surface area contributed by atoms with E-state index in [0.717, 1.165) is 36.7 Å². The fraction of sp³-hybridized carbons (Fsp3) is 0.0373. The Bertz CT molecular complexity index is 9130. The lowest BCUT2D eigenvalue weighted by Crippen LogP contribution is -2.33. The van der Waals surface area contributed by atoms with Crippen LogP contribution in [-0.2, 0) is 25.0 Å². The summed E-state index contributed by atoms with van der Waals surface area (Å²) in [6.07, 6.45) is 7.01. The lowest BCUT2D eigenvalue weighted by Gasteiger charge is -2.34. The van der Waals surface area contributed by atoms with Gasteiger partial charge in [-0.25, -0.2) is 0 Å². The monoisotopic (exact) mass is 1800 g/mol. The van der Waals surface area contributed by atoms with Crippen LogP contribution in [0.2, 0.25) is 0 Å². The minimum absolute atomic E-state index is 0. The van der Waals surface area contributed by atoms with Gasteiger partial charge in [0.25, 0.3) is 0 Å². The minimum atomic E-state index is -0.451. The molecular weight excluding hydrogens is 1710 g/mol. The molecule has 0 N–H and O–H groups in total. The van der Waals surface area contributed by atoms with Crippen molar-refractivity contribution in [1.29, 1.82) is 0 Å². The van der Waals surface area contributed by atoms with Crippen LogP contribution < -0.4 is 28.4 Å². The van der Waals surface area contributed by atoms with Crippen molar-refractivity contribution < 1.29 is 13.7 Å². The van der Waals surface area contributed by atoms with E-state index in [0.29, 0.717) is 0 Å². The van der Waals surface area contributed by atoms with Gasteiger partial charge in [0.05, 0.1) is 49.7 Å². The van der Waals surface area contributed by atoms with E-state index in [-0.39, 0.29) is 7.43 Å². The van der Waals surface area contributed by atoms with E-state index >= 15 is 0 Å². The second-order valence-corrected chi connectivity index (χ2v) is 37.2. The maximum atomic E-state index is 2.50. The number of benzene rings is 21. The summed E-state index contributed by atoms with van der Waals surface area (Å²) >= 11 is 0. The summed E-state index contributed by atoms with van der Waals surface area (Å²) < 4.78 is 9.52. The first kappa shape index (κ1) is 83.4. The van der Waals surface area contributed by atoms with Gasteiger partial charge in [0.2, 0.25) is 33.6 Å². The van der Waals surface area contributed by atoms with Gasteiger partial charge >= 0.3 is 0 Å². The first-order chi connectivity index (χ1) is 69.4. The number of fused-ring (bicyclic) bond motifs is 6. The van der Waals surface area contributed by atoms with E-state index in [1.807, 2.05) is 0 Å². The first-order valence-corrected chi connectivity index (χ1v) is 48.5. The van der Waals surface area contributed by atoms with E-state index in [1.165, 1.54) is 221 Å². The smallest absolute Gasteiger partial charge is 0.220 e. The molecule has 21 aromatic carbocycles. The number of anilines is 6. The molecule has 0 atom stereocenters. The van der Waals surface area contributed by atoms with Gasteiger partial charge < -0.3 is 19.3 Å². The maximum absolute atomic E-state index is 2.50. The van der Waals surface area contributed by atoms with Crippen LogP contribution in [0.25, 0.3) is 165 Å². The molecule has 7 heterocycles. The number of para-hydroxylation sites is 8. The quantitative estimate of drug-likeness (QED) is 0.0850. The third-order valence-electron chi connectivity index (χ3n) is 29.4. The zero-order valence-electron chi connectivity index (χ0n) is 76.9. The average molecular weight is 1800 g/mol. The molecule has 664 valence electrons. The van der Waals surface area contributed by atoms with Crippen LogP contribution in [0.1, 0.15) is 46.4 Å². The molecule has 0 amide bonds. The molecule has 4 aromatic heterocycles. The number of hydrogen-bond donors (Lipinski definition) is 0. The summed E-state index contributed by atoms with van der Waals surface area (Å²) in [7, 11) is 0. The van der Waals surface area contributed by atoms with E-state index in [9.17, 15) is 0 Å². The second-order valence-electron chi connectivity index (χ2n) is 37.2. The van der Waals surface area contributed by atoms with E-state index in [4.69, 9.17) is 0 Å². The fourth-order valence-electron chi connectivity index (χ4n) is 23.3. The van der Waals surface area contributed by atoms with Crippen molar-refractivity contribution in [3.63, 3.8) is 0 Å². The summed E-state index contributed by atoms with van der Waals surface area (Å²) in [5, 5.41) is 14.1. The van der Waals surface area contributed by atoms with Gasteiger partial charge in [-0.15, -0.1) is 0 Å². The Morgan fingerprint density at radius 1 is 0.206 bits per heavy atom. The summed E-state index contributed by atoms with van der Waals surface area (Å²) in [6.45, 7) is 2.42. The van der Waals surface area contributed by atoms with Crippen LogP contribution in [0.5, 0.6) is 0 Å². The Labute approximate surface area is 820 Å². The van der Waals surface area contributed by atoms with Crippen molar-refractivity contribution in [2.24, 2.45) is 0 Å². The molecule has 0 radical (unpaired) electrons. The summed E-state index contributed by atoms with van der Waals surface area (Å²) in [6, 6.07) is 184. The van der Waals surface area contributed by atoms with Gasteiger partial charge in [-0.1, -0.05) is 347 Å². The van der Waals surface area contributed by atoms with E-state index < -0.39 is 5.41 Å². The van der Waals surface area contributed by atoms with Crippen LogP contribution >= 0.6 is 0 Å². The molecule has 7 heteroatoms. The molecular formula is C134H96N7+3. The zero-order chi connectivity index (χ0) is 92.3. The third-order valence-corrected chi connectivity index (χ3v) is 29.4. The molecule has 0 saturated heterocycles. The Morgan fingerprint density at radius 3 is 1.02 bits per heavy atom. The van der Waals surface area contributed by atoms with Crippen LogP contribution in [0.15, 0.2) is 522 Å². The van der Waals surface area contributed by atoms with Gasteiger partial charge in [0, 0.05) is 140 Å². The van der Waals surface area contributed by atoms with Crippen molar-refractivity contribution in [2.75, 3.05) is 14.7 Å². The maximum Gasteiger partial charge on any atom is 0.220 e. The molecule has 0 bridgehead atoms. The molecule has 0 saturated carbocycles. The van der Waals surface area contributed by atoms with E-state index in [2.05, 4.69) is 555 Å². The average Bonchev–Trinajstić information content (AvgIpc) is 1.61. The van der Waals surface area contributed by atoms with E-state index in [1.54, 1.807) is 0 Å². The standard InChI is InChI=1S/C51H35N2.C44H30N3.C38H27N2.CH4/c1-5-17-39(18-6-1)51(40-19-7-2-8-20-40)45-26-14-13-25-43(45)44-29-28-35(31-46(44)51)37-30-38-34-52(41-21-9-3-10-22-41)47-27-15-16-36-33-53(42-23-11-4-12-24-42)48(32-37)50(38)49(36)47;1-4-14-34(15-5-1)45-29-33-25-32(27-42-44(33)43-31(13-12-22-40(43)45)28-46(42)35-16-6-2-7-17-35)30-23-24-38-37-20-10-11-21-39(37)47(41(38)26-30)36-18-8-3-9-19-36;1-5-13-27(14-6-1)29-21-31-25-40(34-19-11-4-12-20-34)36-24-30(28-15-7-2-8-16-28)22-32-26-39(33-17-9-3-10-18-33)35(23-29)37(31)38(32)36;/h1-32,34H,33H2;1-27,29H,28H2;1-25H,26H2;1H4/q3*+1;. The molecule has 29 rings (SSSR count). The summed E-state index contributed by atoms with van der Waals surface area (Å²) in [5.74, 6) is 0. The normalized spacial score (nSPS) is 12.8. The summed E-state index contributed by atoms with van der Waals surface area (Å²) in [5.41, 5.74) is 39.3. The molecule has 141 heavy (non-hydrogen) atoms. The number of rotatable bonds is 13. The highest BCUT2D eigenvalue weighted by Gasteiger charge is 2.47. The lowest BCUT2D eigenvalue weighted by molar-refractivity contribution is -0.565. The van der Waals surface area contributed by atoms with Crippen molar-refractivity contribution in [3.8, 4) is 78.4 Å². The lowest BCUT2D eigenvalue weighted by atomic mass is 9.67. The number of aromatic nitrogens is 4. The highest BCUT2D eigenvalue weighted by Crippen LogP contribution is 2.58. The Morgan fingerprint density at radius 2 is 0.553 bits per heavy atom. The fourth-order valence-corrected chi connectivity index (χ4v) is 23.3. The Balaban J connectivity index is 0.000000109. The van der Waals surface area contributed by atoms with Crippen LogP contribution in [0.4, 0.5) is 34.1 Å². The van der Waals surface area contributed by atoms with Crippen molar-refractivity contribution in [3.05, 3.63) is 561 Å². The second kappa shape index (κ2) is 34.6. The highest BCUT2D eigenvalue weighted by atomic mass is 15.2. The van der Waals surface area contributed by atoms with Crippen molar-refractivity contribution in [1.82, 2.24) is 4.57 Å². The Hall–Kier alpha value is -18.2. The molecule has 1 aliphatic carbocycles. The number of pyridine rings is 3. The minimum Gasteiger partial charge on any atom is -0.336 e. The van der Waals surface area contributed by atoms with Gasteiger partial charge in [0.15, 0.2) is 18.6 Å². The third kappa shape index (κ3) is 14.0. The van der Waals surface area contributed by atoms with Crippen LogP contribution in [-0.4, -0.2) is 4.57 Å². The molecule has 0 spiro atoms. The first-order valence-electron chi connectivity index (χ1n) is 48.5. The molecule has 0 fully saturated rings. The number of hydrogen-bond acceptors (Lipinski definition) is 3. The SMILES string of the molecule is C.c1ccc(-c2cc3c4c(c2)c[n+](-c2ccccc2)c2cc(-c5ccccc5)cc(c42)CN3c2ccccc2)cc1.c1ccc(N2Cc3cccc4c3c3c2cc(-c2ccc5c(c2)C(c2ccccc2)(c2ccccc2)c2ccccc2-5)cc3c[n+]4-c2ccccc2)cc1.c1ccc(N2Cc3cccc4c3c3c2cc(-c2ccc5c6ccccc6n(-c6ccccc6)c5c2)cc3c[n+]4-c2ccccc2)cc1. The predicted molar refractivity (Wildman–Crippen MR) is 586 cm³/mol. The van der Waals surface area contributed by atoms with Gasteiger partial charge in [0.1, 0.15) is 0 Å². The highest BCUT2D eigenvalue weighted by molar-refractivity contribution is 6.20. The van der Waals surface area contributed by atoms with Crippen LogP contribution in [0.3, 0.4) is 0 Å². The molecule has 4 aliphatic rings. The largest absolute Gasteiger partial charge is 0.336 e. The Kier molecular flexibility index (Phi) is 20.5. The number of nitrogens with zero attached hydrogens (tertiary/aromatic N) is 7. The van der Waals surface area contributed by atoms with Gasteiger partial charge in [-0.3, -0.25) is 0 Å². The van der Waals surface area contributed by atoms with Crippen molar-refractivity contribution in [2.45, 2.75) is 32.5 Å². The van der Waals surface area contributed by atoms with Gasteiger partial charge in [-0.2, -0.15) is 13.7 Å². The predicted octanol–water partition coefficient (Wildman–Crippen LogP) is 32.5. The molecule has 7 nitrogen and oxygen atoms in total. The van der Waals surface area contributed by atoms with Crippen molar-refractivity contribution >= 4 is 121 Å². The summed E-state index contributed by atoms with van der Waals surface area (Å²) in [4.78, 5) is 7.47.